The lowest BCUT2D eigenvalue weighted by Crippen LogP contribution is -2.01. The highest BCUT2D eigenvalue weighted by molar-refractivity contribution is 9.10. The SMILES string of the molecule is Fc1cc(Br)c2nnn(CCC3CC3)c2c1. The molecule has 3 nitrogen and oxygen atoms in total. The van der Waals surface area contributed by atoms with E-state index in [9.17, 15) is 4.39 Å². The fraction of sp³-hybridized carbons (Fsp3) is 0.455. The molecule has 0 saturated heterocycles. The first-order chi connectivity index (χ1) is 7.74. The maximum Gasteiger partial charge on any atom is 0.127 e. The number of nitrogens with zero attached hydrogens (tertiary/aromatic N) is 3. The van der Waals surface area contributed by atoms with Gasteiger partial charge in [0.15, 0.2) is 0 Å². The maximum atomic E-state index is 13.3. The van der Waals surface area contributed by atoms with Gasteiger partial charge in [0.05, 0.1) is 9.99 Å². The Hall–Kier alpha value is -0.970. The van der Waals surface area contributed by atoms with Gasteiger partial charge in [-0.15, -0.1) is 5.10 Å². The predicted octanol–water partition coefficient (Wildman–Crippen LogP) is 3.13. The van der Waals surface area contributed by atoms with Crippen LogP contribution in [-0.4, -0.2) is 15.0 Å². The van der Waals surface area contributed by atoms with Crippen molar-refractivity contribution in [1.29, 1.82) is 0 Å². The third-order valence-corrected chi connectivity index (χ3v) is 3.59. The van der Waals surface area contributed by atoms with Gasteiger partial charge in [0.25, 0.3) is 0 Å². The molecule has 2 aromatic rings. The molecule has 0 unspecified atom stereocenters. The van der Waals surface area contributed by atoms with E-state index < -0.39 is 0 Å². The molecule has 16 heavy (non-hydrogen) atoms. The molecular weight excluding hydrogens is 273 g/mol. The number of benzene rings is 1. The number of hydrogen-bond donors (Lipinski definition) is 0. The molecule has 1 fully saturated rings. The van der Waals surface area contributed by atoms with Crippen molar-refractivity contribution in [2.24, 2.45) is 5.92 Å². The average Bonchev–Trinajstić information content (AvgIpc) is 2.97. The van der Waals surface area contributed by atoms with Crippen LogP contribution in [0.25, 0.3) is 11.0 Å². The van der Waals surface area contributed by atoms with Crippen molar-refractivity contribution < 1.29 is 4.39 Å². The van der Waals surface area contributed by atoms with Gasteiger partial charge in [0, 0.05) is 12.6 Å². The summed E-state index contributed by atoms with van der Waals surface area (Å²) in [7, 11) is 0. The highest BCUT2D eigenvalue weighted by atomic mass is 79.9. The Morgan fingerprint density at radius 2 is 2.25 bits per heavy atom. The third-order valence-electron chi connectivity index (χ3n) is 2.98. The van der Waals surface area contributed by atoms with E-state index in [0.29, 0.717) is 4.47 Å². The van der Waals surface area contributed by atoms with E-state index in [1.165, 1.54) is 25.0 Å². The molecule has 0 radical (unpaired) electrons. The third kappa shape index (κ3) is 1.84. The van der Waals surface area contributed by atoms with Gasteiger partial charge in [-0.25, -0.2) is 9.07 Å². The summed E-state index contributed by atoms with van der Waals surface area (Å²) in [6.07, 6.45) is 3.77. The standard InChI is InChI=1S/C11H11BrFN3/c12-9-5-8(13)6-10-11(9)14-15-16(10)4-3-7-1-2-7/h5-7H,1-4H2. The molecule has 5 heteroatoms. The number of halogens is 2. The minimum atomic E-state index is -0.255. The van der Waals surface area contributed by atoms with Crippen molar-refractivity contribution in [3.63, 3.8) is 0 Å². The Bertz CT molecular complexity index is 533. The molecule has 1 heterocycles. The molecule has 0 N–H and O–H groups in total. The fourth-order valence-corrected chi connectivity index (χ4v) is 2.37. The largest absolute Gasteiger partial charge is 0.244 e. The predicted molar refractivity (Wildman–Crippen MR) is 62.5 cm³/mol. The Kier molecular flexibility index (Phi) is 2.42. The second-order valence-electron chi connectivity index (χ2n) is 4.30. The van der Waals surface area contributed by atoms with Crippen LogP contribution >= 0.6 is 15.9 Å². The summed E-state index contributed by atoms with van der Waals surface area (Å²) in [6.45, 7) is 0.830. The zero-order valence-electron chi connectivity index (χ0n) is 8.66. The molecule has 3 rings (SSSR count). The van der Waals surface area contributed by atoms with Crippen LogP contribution in [0.5, 0.6) is 0 Å². The summed E-state index contributed by atoms with van der Waals surface area (Å²) in [5.74, 6) is 0.589. The average molecular weight is 284 g/mol. The van der Waals surface area contributed by atoms with Crippen LogP contribution in [0, 0.1) is 11.7 Å². The lowest BCUT2D eigenvalue weighted by atomic mass is 10.2. The van der Waals surface area contributed by atoms with Crippen LogP contribution < -0.4 is 0 Å². The summed E-state index contributed by atoms with van der Waals surface area (Å²) in [4.78, 5) is 0. The van der Waals surface area contributed by atoms with E-state index in [4.69, 9.17) is 0 Å². The molecule has 0 atom stereocenters. The normalized spacial score (nSPS) is 15.9. The second kappa shape index (κ2) is 3.80. The van der Waals surface area contributed by atoms with Gasteiger partial charge >= 0.3 is 0 Å². The molecule has 0 aliphatic heterocycles. The zero-order valence-corrected chi connectivity index (χ0v) is 10.2. The number of rotatable bonds is 3. The molecule has 1 aliphatic rings. The fourth-order valence-electron chi connectivity index (χ4n) is 1.87. The van der Waals surface area contributed by atoms with Crippen LogP contribution in [0.15, 0.2) is 16.6 Å². The second-order valence-corrected chi connectivity index (χ2v) is 5.15. The molecule has 0 amide bonds. The van der Waals surface area contributed by atoms with E-state index in [0.717, 1.165) is 29.9 Å². The van der Waals surface area contributed by atoms with Crippen LogP contribution in [-0.2, 0) is 6.54 Å². The molecular formula is C11H11BrFN3. The van der Waals surface area contributed by atoms with Gasteiger partial charge in [-0.05, 0) is 34.3 Å². The summed E-state index contributed by atoms with van der Waals surface area (Å²) < 4.78 is 15.7. The minimum Gasteiger partial charge on any atom is -0.244 e. The first-order valence-electron chi connectivity index (χ1n) is 5.42. The number of fused-ring (bicyclic) bond motifs is 1. The highest BCUT2D eigenvalue weighted by Crippen LogP contribution is 2.33. The molecule has 1 aliphatic carbocycles. The van der Waals surface area contributed by atoms with E-state index in [-0.39, 0.29) is 5.82 Å². The minimum absolute atomic E-state index is 0.255. The maximum absolute atomic E-state index is 13.3. The van der Waals surface area contributed by atoms with Gasteiger partial charge in [0.1, 0.15) is 11.3 Å². The van der Waals surface area contributed by atoms with Crippen LogP contribution in [0.4, 0.5) is 4.39 Å². The topological polar surface area (TPSA) is 30.7 Å². The van der Waals surface area contributed by atoms with Gasteiger partial charge < -0.3 is 0 Å². The molecule has 1 saturated carbocycles. The molecule has 84 valence electrons. The molecule has 0 bridgehead atoms. The summed E-state index contributed by atoms with van der Waals surface area (Å²) in [5.41, 5.74) is 1.50. The van der Waals surface area contributed by atoms with Crippen molar-refractivity contribution in [1.82, 2.24) is 15.0 Å². The van der Waals surface area contributed by atoms with Crippen molar-refractivity contribution in [3.8, 4) is 0 Å². The quantitative estimate of drug-likeness (QED) is 0.867. The monoisotopic (exact) mass is 283 g/mol. The number of aryl methyl sites for hydroxylation is 1. The number of hydrogen-bond acceptors (Lipinski definition) is 2. The molecule has 0 spiro atoms. The lowest BCUT2D eigenvalue weighted by Gasteiger charge is -2.01. The summed E-state index contributed by atoms with van der Waals surface area (Å²) in [6, 6.07) is 2.91. The van der Waals surface area contributed by atoms with Gasteiger partial charge in [-0.1, -0.05) is 18.1 Å². The van der Waals surface area contributed by atoms with Crippen molar-refractivity contribution in [2.75, 3.05) is 0 Å². The summed E-state index contributed by atoms with van der Waals surface area (Å²) >= 11 is 3.30. The molecule has 1 aromatic heterocycles. The van der Waals surface area contributed by atoms with E-state index in [1.807, 2.05) is 0 Å². The van der Waals surface area contributed by atoms with Crippen LogP contribution in [0.2, 0.25) is 0 Å². The Morgan fingerprint density at radius 3 is 3.00 bits per heavy atom. The smallest absolute Gasteiger partial charge is 0.127 e. The Morgan fingerprint density at radius 1 is 1.44 bits per heavy atom. The highest BCUT2D eigenvalue weighted by Gasteiger charge is 2.21. The first kappa shape index (κ1) is 10.2. The Labute approximate surface area is 101 Å². The van der Waals surface area contributed by atoms with E-state index in [1.54, 1.807) is 4.68 Å². The summed E-state index contributed by atoms with van der Waals surface area (Å²) in [5, 5.41) is 8.12. The lowest BCUT2D eigenvalue weighted by molar-refractivity contribution is 0.543. The van der Waals surface area contributed by atoms with E-state index >= 15 is 0 Å². The van der Waals surface area contributed by atoms with Crippen LogP contribution in [0.1, 0.15) is 19.3 Å². The number of aromatic nitrogens is 3. The first-order valence-corrected chi connectivity index (χ1v) is 6.21. The van der Waals surface area contributed by atoms with Crippen LogP contribution in [0.3, 0.4) is 0 Å². The van der Waals surface area contributed by atoms with Crippen molar-refractivity contribution in [2.45, 2.75) is 25.8 Å². The van der Waals surface area contributed by atoms with E-state index in [2.05, 4.69) is 26.2 Å². The van der Waals surface area contributed by atoms with Gasteiger partial charge in [-0.2, -0.15) is 0 Å². The van der Waals surface area contributed by atoms with Gasteiger partial charge in [0.2, 0.25) is 0 Å². The molecule has 1 aromatic carbocycles. The zero-order chi connectivity index (χ0) is 11.1. The van der Waals surface area contributed by atoms with Crippen molar-refractivity contribution >= 4 is 27.0 Å². The van der Waals surface area contributed by atoms with Gasteiger partial charge in [-0.3, -0.25) is 0 Å². The van der Waals surface area contributed by atoms with Crippen molar-refractivity contribution in [3.05, 3.63) is 22.4 Å². The Balaban J connectivity index is 1.97.